The van der Waals surface area contributed by atoms with Gasteiger partial charge < -0.3 is 14.1 Å². The fraction of sp³-hybridized carbons (Fsp3) is 0.143. The van der Waals surface area contributed by atoms with Crippen LogP contribution in [0.2, 0.25) is 0 Å². The van der Waals surface area contributed by atoms with E-state index in [4.69, 9.17) is 9.15 Å². The largest absolute Gasteiger partial charge is 0.457 e. The van der Waals surface area contributed by atoms with Crippen molar-refractivity contribution in [1.29, 1.82) is 0 Å². The molecule has 1 aromatic heterocycles. The minimum atomic E-state index is -0.707. The lowest BCUT2D eigenvalue weighted by molar-refractivity contribution is 0.433. The van der Waals surface area contributed by atoms with Gasteiger partial charge >= 0.3 is 0 Å². The highest BCUT2D eigenvalue weighted by Crippen LogP contribution is 2.67. The third-order valence-corrected chi connectivity index (χ3v) is 17.9. The Labute approximate surface area is 437 Å². The fourth-order valence-corrected chi connectivity index (χ4v) is 14.6. The molecule has 0 fully saturated rings. The second-order valence-electron chi connectivity index (χ2n) is 22.7. The second kappa shape index (κ2) is 15.3. The summed E-state index contributed by atoms with van der Waals surface area (Å²) in [7, 11) is 0. The van der Waals surface area contributed by atoms with E-state index in [2.05, 4.69) is 259 Å². The molecule has 356 valence electrons. The average Bonchev–Trinajstić information content (AvgIpc) is 4.08. The lowest BCUT2D eigenvalue weighted by atomic mass is 9.64. The molecule has 3 nitrogen and oxygen atoms in total. The van der Waals surface area contributed by atoms with Crippen LogP contribution in [0.4, 0.5) is 17.1 Å². The van der Waals surface area contributed by atoms with Crippen molar-refractivity contribution in [2.75, 3.05) is 4.90 Å². The zero-order valence-electron chi connectivity index (χ0n) is 42.4. The molecule has 0 atom stereocenters. The van der Waals surface area contributed by atoms with Crippen LogP contribution >= 0.6 is 11.8 Å². The standard InChI is InChI=1S/C70H53NO2S/c1-67(2,3)42-33-37-61-56(39-42)70(57-40-43(68(4,5)6)34-38-62(57)72-61)51-24-11-8-21-49(51)65-54(70)27-18-28-58(65)71(59-29-17-22-48-47-20-9-14-30-60(47)73-66(48)59)44-35-36-46-45-19-7-10-23-50(45)69(55(46)41-44)52-25-12-15-31-63(52)74-64-32-16-13-26-53(64)69/h7-41H,1-6H3. The highest BCUT2D eigenvalue weighted by Gasteiger charge is 2.54. The molecule has 74 heavy (non-hydrogen) atoms. The van der Waals surface area contributed by atoms with E-state index in [9.17, 15) is 0 Å². The lowest BCUT2D eigenvalue weighted by Gasteiger charge is -2.41. The monoisotopic (exact) mass is 971 g/mol. The van der Waals surface area contributed by atoms with Gasteiger partial charge in [0.2, 0.25) is 0 Å². The highest BCUT2D eigenvalue weighted by atomic mass is 32.2. The molecule has 0 saturated heterocycles. The zero-order chi connectivity index (χ0) is 49.9. The van der Waals surface area contributed by atoms with Crippen LogP contribution in [0.3, 0.4) is 0 Å². The Bertz CT molecular complexity index is 4090. The van der Waals surface area contributed by atoms with E-state index >= 15 is 0 Å². The van der Waals surface area contributed by atoms with Gasteiger partial charge in [-0.05, 0) is 139 Å². The van der Waals surface area contributed by atoms with Crippen molar-refractivity contribution in [3.63, 3.8) is 0 Å². The maximum absolute atomic E-state index is 7.07. The van der Waals surface area contributed by atoms with E-state index in [0.717, 1.165) is 50.5 Å². The van der Waals surface area contributed by atoms with Crippen molar-refractivity contribution in [3.05, 3.63) is 268 Å². The smallest absolute Gasteiger partial charge is 0.159 e. The molecule has 10 aromatic carbocycles. The molecule has 0 unspecified atom stereocenters. The van der Waals surface area contributed by atoms with Crippen LogP contribution in [0.5, 0.6) is 11.5 Å². The van der Waals surface area contributed by atoms with Crippen molar-refractivity contribution in [3.8, 4) is 33.8 Å². The summed E-state index contributed by atoms with van der Waals surface area (Å²) in [5.41, 5.74) is 20.9. The Kier molecular flexibility index (Phi) is 8.97. The minimum Gasteiger partial charge on any atom is -0.457 e. The summed E-state index contributed by atoms with van der Waals surface area (Å²) in [5.74, 6) is 1.78. The lowest BCUT2D eigenvalue weighted by Crippen LogP contribution is -2.33. The number of furan rings is 1. The SMILES string of the molecule is CC(C)(C)c1ccc2c(c1)C1(c3cc(C(C)(C)C)ccc3O2)c2ccccc2-c2c(N(c3ccc4c(c3)C3(c5ccccc5Sc5ccccc53)c3ccccc3-4)c3cccc4c3oc3ccccc34)cccc21. The third kappa shape index (κ3) is 5.75. The molecule has 2 aliphatic heterocycles. The predicted octanol–water partition coefficient (Wildman–Crippen LogP) is 18.9. The average molecular weight is 972 g/mol. The molecule has 4 aliphatic rings. The molecule has 0 radical (unpaired) electrons. The van der Waals surface area contributed by atoms with Crippen molar-refractivity contribution in [2.45, 2.75) is 73.0 Å². The van der Waals surface area contributed by atoms with E-state index in [1.807, 2.05) is 11.8 Å². The van der Waals surface area contributed by atoms with Gasteiger partial charge in [-0.3, -0.25) is 0 Å². The van der Waals surface area contributed by atoms with Crippen molar-refractivity contribution >= 4 is 50.8 Å². The number of hydrogen-bond acceptors (Lipinski definition) is 4. The normalized spacial score (nSPS) is 14.9. The number of benzene rings is 10. The summed E-state index contributed by atoms with van der Waals surface area (Å²) >= 11 is 1.88. The molecule has 4 heteroatoms. The van der Waals surface area contributed by atoms with Gasteiger partial charge in [-0.15, -0.1) is 0 Å². The Morgan fingerprint density at radius 1 is 0.392 bits per heavy atom. The third-order valence-electron chi connectivity index (χ3n) is 16.7. The summed E-state index contributed by atoms with van der Waals surface area (Å²) in [4.78, 5) is 5.09. The van der Waals surface area contributed by atoms with Gasteiger partial charge in [-0.25, -0.2) is 0 Å². The molecule has 0 amide bonds. The van der Waals surface area contributed by atoms with Crippen molar-refractivity contribution in [2.24, 2.45) is 0 Å². The van der Waals surface area contributed by atoms with Gasteiger partial charge in [0.25, 0.3) is 0 Å². The van der Waals surface area contributed by atoms with Gasteiger partial charge in [-0.2, -0.15) is 0 Å². The second-order valence-corrected chi connectivity index (χ2v) is 23.8. The predicted molar refractivity (Wildman–Crippen MR) is 305 cm³/mol. The van der Waals surface area contributed by atoms with Gasteiger partial charge in [0.15, 0.2) is 5.58 Å². The Morgan fingerprint density at radius 3 is 1.58 bits per heavy atom. The first kappa shape index (κ1) is 43.5. The van der Waals surface area contributed by atoms with E-state index in [0.29, 0.717) is 0 Å². The van der Waals surface area contributed by atoms with Crippen LogP contribution in [0.25, 0.3) is 44.2 Å². The minimum absolute atomic E-state index is 0.0999. The number of rotatable bonds is 3. The number of anilines is 3. The van der Waals surface area contributed by atoms with Gasteiger partial charge in [-0.1, -0.05) is 199 Å². The summed E-state index contributed by atoms with van der Waals surface area (Å²) in [6.07, 6.45) is 0. The molecule has 0 N–H and O–H groups in total. The molecular weight excluding hydrogens is 919 g/mol. The molecule has 2 aliphatic carbocycles. The van der Waals surface area contributed by atoms with Gasteiger partial charge in [0.1, 0.15) is 17.1 Å². The van der Waals surface area contributed by atoms with Crippen molar-refractivity contribution < 1.29 is 9.15 Å². The van der Waals surface area contributed by atoms with Crippen LogP contribution in [0.1, 0.15) is 97.2 Å². The molecule has 0 saturated carbocycles. The Hall–Kier alpha value is -8.05. The summed E-state index contributed by atoms with van der Waals surface area (Å²) < 4.78 is 14.1. The van der Waals surface area contributed by atoms with Crippen LogP contribution in [0.15, 0.2) is 227 Å². The Balaban J connectivity index is 1.07. The number of fused-ring (bicyclic) bond motifs is 21. The molecule has 0 bridgehead atoms. The molecule has 2 spiro atoms. The first-order valence-corrected chi connectivity index (χ1v) is 26.8. The number of nitrogens with zero attached hydrogens (tertiary/aromatic N) is 1. The first-order chi connectivity index (χ1) is 36.0. The topological polar surface area (TPSA) is 25.6 Å². The van der Waals surface area contributed by atoms with Crippen LogP contribution < -0.4 is 9.64 Å². The van der Waals surface area contributed by atoms with Crippen molar-refractivity contribution in [1.82, 2.24) is 0 Å². The maximum atomic E-state index is 7.07. The molecular formula is C70H53NO2S. The first-order valence-electron chi connectivity index (χ1n) is 26.0. The van der Waals surface area contributed by atoms with E-state index in [-0.39, 0.29) is 10.8 Å². The Morgan fingerprint density at radius 2 is 0.905 bits per heavy atom. The summed E-state index contributed by atoms with van der Waals surface area (Å²) in [6, 6.07) is 79.7. The van der Waals surface area contributed by atoms with E-state index < -0.39 is 10.8 Å². The summed E-state index contributed by atoms with van der Waals surface area (Å²) in [6.45, 7) is 13.9. The zero-order valence-corrected chi connectivity index (χ0v) is 43.2. The fourth-order valence-electron chi connectivity index (χ4n) is 13.4. The highest BCUT2D eigenvalue weighted by molar-refractivity contribution is 7.99. The number of hydrogen-bond donors (Lipinski definition) is 0. The van der Waals surface area contributed by atoms with Crippen LogP contribution in [-0.2, 0) is 21.7 Å². The van der Waals surface area contributed by atoms with E-state index in [1.165, 1.54) is 87.7 Å². The van der Waals surface area contributed by atoms with Gasteiger partial charge in [0, 0.05) is 42.9 Å². The number of para-hydroxylation sites is 2. The van der Waals surface area contributed by atoms with E-state index in [1.54, 1.807) is 0 Å². The maximum Gasteiger partial charge on any atom is 0.159 e. The quantitative estimate of drug-likeness (QED) is 0.176. The van der Waals surface area contributed by atoms with Gasteiger partial charge in [0.05, 0.1) is 22.2 Å². The molecule has 11 aromatic rings. The summed E-state index contributed by atoms with van der Waals surface area (Å²) in [5, 5.41) is 2.18. The number of ether oxygens (including phenoxy) is 1. The van der Waals surface area contributed by atoms with Crippen LogP contribution in [-0.4, -0.2) is 0 Å². The molecule has 3 heterocycles. The molecule has 15 rings (SSSR count). The van der Waals surface area contributed by atoms with Crippen LogP contribution in [0, 0.1) is 0 Å².